The molecule has 4 heteroatoms. The Morgan fingerprint density at radius 3 is 3.06 bits per heavy atom. The smallest absolute Gasteiger partial charge is 0.128 e. The number of nitrogens with zero attached hydrogens (tertiary/aromatic N) is 3. The van der Waals surface area contributed by atoms with Gasteiger partial charge in [0, 0.05) is 37.9 Å². The summed E-state index contributed by atoms with van der Waals surface area (Å²) in [5.74, 6) is 3.61. The predicted molar refractivity (Wildman–Crippen MR) is 70.6 cm³/mol. The first-order valence-electron chi connectivity index (χ1n) is 6.36. The van der Waals surface area contributed by atoms with Gasteiger partial charge in [0.2, 0.25) is 0 Å². The SMILES string of the molecule is C#Cc1ccc(N2CCN3CCOCC3C2)nc1. The fourth-order valence-electron chi connectivity index (χ4n) is 2.61. The molecule has 3 rings (SSSR count). The Labute approximate surface area is 108 Å². The molecule has 2 aliphatic heterocycles. The molecule has 0 aliphatic carbocycles. The Kier molecular flexibility index (Phi) is 3.18. The van der Waals surface area contributed by atoms with Crippen LogP contribution in [0.1, 0.15) is 5.56 Å². The van der Waals surface area contributed by atoms with Crippen molar-refractivity contribution in [1.29, 1.82) is 0 Å². The van der Waals surface area contributed by atoms with Gasteiger partial charge in [0.25, 0.3) is 0 Å². The number of aromatic nitrogens is 1. The van der Waals surface area contributed by atoms with Gasteiger partial charge in [-0.15, -0.1) is 6.42 Å². The van der Waals surface area contributed by atoms with Gasteiger partial charge in [-0.3, -0.25) is 4.90 Å². The van der Waals surface area contributed by atoms with E-state index in [0.717, 1.165) is 50.8 Å². The highest BCUT2D eigenvalue weighted by molar-refractivity contribution is 5.43. The number of hydrogen-bond acceptors (Lipinski definition) is 4. The number of fused-ring (bicyclic) bond motifs is 1. The van der Waals surface area contributed by atoms with E-state index in [0.29, 0.717) is 6.04 Å². The number of anilines is 1. The largest absolute Gasteiger partial charge is 0.378 e. The Hall–Kier alpha value is -1.57. The second-order valence-corrected chi connectivity index (χ2v) is 4.76. The molecule has 0 amide bonds. The average Bonchev–Trinajstić information content (AvgIpc) is 2.47. The topological polar surface area (TPSA) is 28.6 Å². The molecule has 1 aromatic rings. The van der Waals surface area contributed by atoms with Crippen LogP contribution in [-0.4, -0.2) is 55.3 Å². The molecule has 0 saturated carbocycles. The molecule has 1 atom stereocenters. The summed E-state index contributed by atoms with van der Waals surface area (Å²) in [7, 11) is 0. The molecule has 1 unspecified atom stereocenters. The Balaban J connectivity index is 1.71. The van der Waals surface area contributed by atoms with Gasteiger partial charge in [-0.25, -0.2) is 4.98 Å². The fraction of sp³-hybridized carbons (Fsp3) is 0.500. The Bertz CT molecular complexity index is 451. The van der Waals surface area contributed by atoms with E-state index < -0.39 is 0 Å². The van der Waals surface area contributed by atoms with Crippen molar-refractivity contribution >= 4 is 5.82 Å². The van der Waals surface area contributed by atoms with E-state index in [1.54, 1.807) is 6.20 Å². The first-order valence-corrected chi connectivity index (χ1v) is 6.36. The molecule has 1 aromatic heterocycles. The van der Waals surface area contributed by atoms with Crippen molar-refractivity contribution in [2.75, 3.05) is 44.3 Å². The van der Waals surface area contributed by atoms with Gasteiger partial charge in [-0.05, 0) is 12.1 Å². The van der Waals surface area contributed by atoms with Crippen LogP contribution in [0.5, 0.6) is 0 Å². The lowest BCUT2D eigenvalue weighted by Crippen LogP contribution is -2.58. The molecule has 0 N–H and O–H groups in total. The Morgan fingerprint density at radius 1 is 1.33 bits per heavy atom. The van der Waals surface area contributed by atoms with Gasteiger partial charge < -0.3 is 9.64 Å². The zero-order chi connectivity index (χ0) is 12.4. The summed E-state index contributed by atoms with van der Waals surface area (Å²) in [5, 5.41) is 0. The predicted octanol–water partition coefficient (Wildman–Crippen LogP) is 0.584. The highest BCUT2D eigenvalue weighted by atomic mass is 16.5. The van der Waals surface area contributed by atoms with Crippen LogP contribution in [0, 0.1) is 12.3 Å². The fourth-order valence-corrected chi connectivity index (χ4v) is 2.61. The van der Waals surface area contributed by atoms with Gasteiger partial charge in [-0.2, -0.15) is 0 Å². The number of hydrogen-bond donors (Lipinski definition) is 0. The van der Waals surface area contributed by atoms with E-state index in [4.69, 9.17) is 11.2 Å². The molecule has 0 aromatic carbocycles. The summed E-state index contributed by atoms with van der Waals surface area (Å²) in [6.45, 7) is 5.86. The summed E-state index contributed by atoms with van der Waals surface area (Å²) in [6, 6.07) is 4.46. The minimum atomic E-state index is 0.501. The van der Waals surface area contributed by atoms with Crippen molar-refractivity contribution in [1.82, 2.24) is 9.88 Å². The van der Waals surface area contributed by atoms with Crippen LogP contribution >= 0.6 is 0 Å². The van der Waals surface area contributed by atoms with Crippen LogP contribution in [0.2, 0.25) is 0 Å². The summed E-state index contributed by atoms with van der Waals surface area (Å²) in [6.07, 6.45) is 7.10. The summed E-state index contributed by atoms with van der Waals surface area (Å²) >= 11 is 0. The number of pyridine rings is 1. The Morgan fingerprint density at radius 2 is 2.28 bits per heavy atom. The maximum atomic E-state index is 5.54. The van der Waals surface area contributed by atoms with Crippen LogP contribution in [0.25, 0.3) is 0 Å². The molecule has 2 fully saturated rings. The summed E-state index contributed by atoms with van der Waals surface area (Å²) in [4.78, 5) is 9.26. The van der Waals surface area contributed by atoms with Gasteiger partial charge in [0.1, 0.15) is 5.82 Å². The van der Waals surface area contributed by atoms with Gasteiger partial charge in [0.15, 0.2) is 0 Å². The number of ether oxygens (including phenoxy) is 1. The standard InChI is InChI=1S/C14H17N3O/c1-2-12-3-4-14(15-9-12)17-6-5-16-7-8-18-11-13(16)10-17/h1,3-4,9,13H,5-8,10-11H2. The number of piperazine rings is 1. The van der Waals surface area contributed by atoms with Crippen molar-refractivity contribution in [3.63, 3.8) is 0 Å². The molecule has 0 spiro atoms. The van der Waals surface area contributed by atoms with Gasteiger partial charge in [0.05, 0.1) is 19.3 Å². The number of morpholine rings is 1. The van der Waals surface area contributed by atoms with E-state index in [1.807, 2.05) is 12.1 Å². The van der Waals surface area contributed by atoms with E-state index in [9.17, 15) is 0 Å². The molecular weight excluding hydrogens is 226 g/mol. The van der Waals surface area contributed by atoms with E-state index in [1.165, 1.54) is 0 Å². The van der Waals surface area contributed by atoms with Crippen LogP contribution in [0.4, 0.5) is 5.82 Å². The zero-order valence-corrected chi connectivity index (χ0v) is 10.4. The highest BCUT2D eigenvalue weighted by Crippen LogP contribution is 2.19. The highest BCUT2D eigenvalue weighted by Gasteiger charge is 2.29. The van der Waals surface area contributed by atoms with E-state index in [2.05, 4.69) is 20.7 Å². The summed E-state index contributed by atoms with van der Waals surface area (Å²) < 4.78 is 5.54. The third kappa shape index (κ3) is 2.20. The van der Waals surface area contributed by atoms with Crippen molar-refractivity contribution in [3.05, 3.63) is 23.9 Å². The van der Waals surface area contributed by atoms with E-state index >= 15 is 0 Å². The molecule has 18 heavy (non-hydrogen) atoms. The maximum absolute atomic E-state index is 5.54. The first kappa shape index (κ1) is 11.5. The van der Waals surface area contributed by atoms with E-state index in [-0.39, 0.29) is 0 Å². The minimum Gasteiger partial charge on any atom is -0.378 e. The number of rotatable bonds is 1. The van der Waals surface area contributed by atoms with Gasteiger partial charge >= 0.3 is 0 Å². The lowest BCUT2D eigenvalue weighted by Gasteiger charge is -2.44. The van der Waals surface area contributed by atoms with Crippen molar-refractivity contribution in [2.45, 2.75) is 6.04 Å². The van der Waals surface area contributed by atoms with Crippen LogP contribution in [-0.2, 0) is 4.74 Å². The third-order valence-corrected chi connectivity index (χ3v) is 3.68. The minimum absolute atomic E-state index is 0.501. The van der Waals surface area contributed by atoms with Crippen molar-refractivity contribution < 1.29 is 4.74 Å². The van der Waals surface area contributed by atoms with Crippen LogP contribution < -0.4 is 4.90 Å². The number of terminal acetylenes is 1. The molecule has 0 radical (unpaired) electrons. The average molecular weight is 243 g/mol. The van der Waals surface area contributed by atoms with Crippen LogP contribution in [0.3, 0.4) is 0 Å². The second kappa shape index (κ2) is 4.97. The third-order valence-electron chi connectivity index (χ3n) is 3.68. The van der Waals surface area contributed by atoms with Crippen molar-refractivity contribution in [3.8, 4) is 12.3 Å². The molecule has 4 nitrogen and oxygen atoms in total. The first-order chi connectivity index (χ1) is 8.86. The molecule has 0 bridgehead atoms. The quantitative estimate of drug-likeness (QED) is 0.675. The maximum Gasteiger partial charge on any atom is 0.128 e. The normalized spacial score (nSPS) is 24.4. The van der Waals surface area contributed by atoms with Crippen LogP contribution in [0.15, 0.2) is 18.3 Å². The second-order valence-electron chi connectivity index (χ2n) is 4.76. The zero-order valence-electron chi connectivity index (χ0n) is 10.4. The molecule has 2 saturated heterocycles. The summed E-state index contributed by atoms with van der Waals surface area (Å²) in [5.41, 5.74) is 0.832. The monoisotopic (exact) mass is 243 g/mol. The molecule has 94 valence electrons. The van der Waals surface area contributed by atoms with Crippen molar-refractivity contribution in [2.24, 2.45) is 0 Å². The lowest BCUT2D eigenvalue weighted by molar-refractivity contribution is -0.0117. The van der Waals surface area contributed by atoms with Gasteiger partial charge in [-0.1, -0.05) is 5.92 Å². The molecular formula is C14H17N3O. The molecule has 3 heterocycles. The lowest BCUT2D eigenvalue weighted by atomic mass is 10.1. The molecule has 2 aliphatic rings.